The number of hydrogen-bond acceptors (Lipinski definition) is 3. The zero-order valence-corrected chi connectivity index (χ0v) is 12.4. The highest BCUT2D eigenvalue weighted by Gasteiger charge is 2.44. The summed E-state index contributed by atoms with van der Waals surface area (Å²) in [6.07, 6.45) is 5.26. The third kappa shape index (κ3) is 4.67. The van der Waals surface area contributed by atoms with Gasteiger partial charge < -0.3 is 20.5 Å². The van der Waals surface area contributed by atoms with E-state index in [1.807, 2.05) is 0 Å². The summed E-state index contributed by atoms with van der Waals surface area (Å²) in [7, 11) is 0. The molecular weight excluding hydrogens is 260 g/mol. The van der Waals surface area contributed by atoms with E-state index in [2.05, 4.69) is 24.5 Å². The maximum atomic E-state index is 12.0. The molecule has 1 saturated heterocycles. The molecule has 2 unspecified atom stereocenters. The molecule has 0 radical (unpaired) electrons. The van der Waals surface area contributed by atoms with E-state index in [-0.39, 0.29) is 12.6 Å². The average Bonchev–Trinajstić information content (AvgIpc) is 2.86. The molecule has 2 atom stereocenters. The van der Waals surface area contributed by atoms with Crippen molar-refractivity contribution in [3.8, 4) is 0 Å². The number of carbonyl (C=O) groups excluding carboxylic acids is 1. The molecular formula is C14H26N2O4. The van der Waals surface area contributed by atoms with Gasteiger partial charge in [-0.25, -0.2) is 9.59 Å². The number of nitrogens with one attached hydrogen (secondary N) is 2. The van der Waals surface area contributed by atoms with Crippen LogP contribution in [0, 0.1) is 0 Å². The van der Waals surface area contributed by atoms with E-state index >= 15 is 0 Å². The number of unbranched alkanes of at least 4 members (excludes halogenated alkanes) is 1. The van der Waals surface area contributed by atoms with E-state index in [1.165, 1.54) is 0 Å². The van der Waals surface area contributed by atoms with Crippen LogP contribution in [0.15, 0.2) is 0 Å². The Balaban J connectivity index is 2.53. The van der Waals surface area contributed by atoms with Gasteiger partial charge >= 0.3 is 12.0 Å². The molecule has 3 N–H and O–H groups in total. The molecule has 0 aromatic rings. The van der Waals surface area contributed by atoms with Gasteiger partial charge in [0.2, 0.25) is 0 Å². The number of carbonyl (C=O) groups is 2. The van der Waals surface area contributed by atoms with E-state index in [0.717, 1.165) is 32.1 Å². The highest BCUT2D eigenvalue weighted by Crippen LogP contribution is 2.19. The quantitative estimate of drug-likeness (QED) is 0.636. The van der Waals surface area contributed by atoms with Crippen molar-refractivity contribution >= 4 is 12.0 Å². The summed E-state index contributed by atoms with van der Waals surface area (Å²) >= 11 is 0. The molecule has 0 spiro atoms. The highest BCUT2D eigenvalue weighted by molar-refractivity contribution is 5.86. The topological polar surface area (TPSA) is 87.7 Å². The minimum absolute atomic E-state index is 0.0309. The van der Waals surface area contributed by atoms with Crippen LogP contribution in [0.5, 0.6) is 0 Å². The number of aliphatic carboxylic acids is 1. The molecule has 0 bridgehead atoms. The van der Waals surface area contributed by atoms with Crippen LogP contribution in [0.3, 0.4) is 0 Å². The normalized spacial score (nSPS) is 23.3. The summed E-state index contributed by atoms with van der Waals surface area (Å²) < 4.78 is 5.12. The van der Waals surface area contributed by atoms with Crippen LogP contribution in [-0.4, -0.2) is 41.9 Å². The van der Waals surface area contributed by atoms with Gasteiger partial charge in [-0.15, -0.1) is 0 Å². The largest absolute Gasteiger partial charge is 0.479 e. The first kappa shape index (κ1) is 16.8. The first-order valence-corrected chi connectivity index (χ1v) is 7.44. The monoisotopic (exact) mass is 286 g/mol. The Morgan fingerprint density at radius 2 is 2.05 bits per heavy atom. The molecule has 1 fully saturated rings. The van der Waals surface area contributed by atoms with Crippen molar-refractivity contribution in [2.45, 2.75) is 64.0 Å². The molecule has 0 aliphatic carbocycles. The van der Waals surface area contributed by atoms with Crippen molar-refractivity contribution in [3.63, 3.8) is 0 Å². The van der Waals surface area contributed by atoms with Gasteiger partial charge in [-0.05, 0) is 12.8 Å². The number of carboxylic acid groups (broad SMARTS) is 1. The first-order valence-electron chi connectivity index (χ1n) is 7.44. The third-order valence-electron chi connectivity index (χ3n) is 3.66. The van der Waals surface area contributed by atoms with Crippen LogP contribution in [0.4, 0.5) is 4.79 Å². The molecule has 6 nitrogen and oxygen atoms in total. The molecule has 6 heteroatoms. The minimum Gasteiger partial charge on any atom is -0.479 e. The third-order valence-corrected chi connectivity index (χ3v) is 3.66. The van der Waals surface area contributed by atoms with Gasteiger partial charge in [-0.2, -0.15) is 0 Å². The summed E-state index contributed by atoms with van der Waals surface area (Å²) in [5, 5.41) is 14.7. The van der Waals surface area contributed by atoms with Gasteiger partial charge in [0.1, 0.15) is 0 Å². The van der Waals surface area contributed by atoms with E-state index in [9.17, 15) is 14.7 Å². The van der Waals surface area contributed by atoms with Crippen LogP contribution in [0.1, 0.15) is 52.4 Å². The lowest BCUT2D eigenvalue weighted by molar-refractivity contribution is -0.144. The Labute approximate surface area is 120 Å². The van der Waals surface area contributed by atoms with Crippen molar-refractivity contribution in [3.05, 3.63) is 0 Å². The summed E-state index contributed by atoms with van der Waals surface area (Å²) in [4.78, 5) is 23.3. The van der Waals surface area contributed by atoms with Crippen LogP contribution in [0.2, 0.25) is 0 Å². The molecule has 20 heavy (non-hydrogen) atoms. The van der Waals surface area contributed by atoms with Crippen molar-refractivity contribution in [2.75, 3.05) is 13.2 Å². The predicted molar refractivity (Wildman–Crippen MR) is 75.7 cm³/mol. The average molecular weight is 286 g/mol. The van der Waals surface area contributed by atoms with Gasteiger partial charge in [0.15, 0.2) is 5.54 Å². The number of ether oxygens (including phenoxy) is 1. The molecule has 1 rings (SSSR count). The summed E-state index contributed by atoms with van der Waals surface area (Å²) in [5.74, 6) is -1.04. The lowest BCUT2D eigenvalue weighted by Crippen LogP contribution is -2.58. The second kappa shape index (κ2) is 8.09. The van der Waals surface area contributed by atoms with E-state index in [0.29, 0.717) is 13.0 Å². The lowest BCUT2D eigenvalue weighted by atomic mass is 9.99. The Morgan fingerprint density at radius 3 is 2.55 bits per heavy atom. The van der Waals surface area contributed by atoms with Crippen molar-refractivity contribution in [2.24, 2.45) is 0 Å². The van der Waals surface area contributed by atoms with E-state index < -0.39 is 17.5 Å². The Bertz CT molecular complexity index is 327. The SMILES string of the molecule is CCCCC(CCC)NC(=O)NC1(C(=O)O)CCOC1. The fourth-order valence-electron chi connectivity index (χ4n) is 2.41. The zero-order chi connectivity index (χ0) is 15.0. The van der Waals surface area contributed by atoms with Crippen LogP contribution in [-0.2, 0) is 9.53 Å². The zero-order valence-electron chi connectivity index (χ0n) is 12.4. The van der Waals surface area contributed by atoms with Gasteiger partial charge in [0.05, 0.1) is 6.61 Å². The fraction of sp³-hybridized carbons (Fsp3) is 0.857. The summed E-state index contributed by atoms with van der Waals surface area (Å²) in [6.45, 7) is 4.57. The van der Waals surface area contributed by atoms with E-state index in [4.69, 9.17) is 4.74 Å². The van der Waals surface area contributed by atoms with Crippen molar-refractivity contribution in [1.82, 2.24) is 10.6 Å². The molecule has 2 amide bonds. The van der Waals surface area contributed by atoms with E-state index in [1.54, 1.807) is 0 Å². The fourth-order valence-corrected chi connectivity index (χ4v) is 2.41. The van der Waals surface area contributed by atoms with Gasteiger partial charge in [-0.3, -0.25) is 0 Å². The minimum atomic E-state index is -1.27. The second-order valence-corrected chi connectivity index (χ2v) is 5.42. The molecule has 0 saturated carbocycles. The number of urea groups is 1. The number of carboxylic acids is 1. The van der Waals surface area contributed by atoms with Crippen LogP contribution < -0.4 is 10.6 Å². The van der Waals surface area contributed by atoms with Gasteiger partial charge in [0.25, 0.3) is 0 Å². The molecule has 1 aliphatic rings. The van der Waals surface area contributed by atoms with Gasteiger partial charge in [0, 0.05) is 19.1 Å². The standard InChI is InChI=1S/C14H26N2O4/c1-3-5-7-11(6-4-2)15-13(19)16-14(12(17)18)8-9-20-10-14/h11H,3-10H2,1-2H3,(H,17,18)(H2,15,16,19). The number of amides is 2. The maximum Gasteiger partial charge on any atom is 0.332 e. The molecule has 1 heterocycles. The first-order chi connectivity index (χ1) is 9.54. The smallest absolute Gasteiger partial charge is 0.332 e. The Hall–Kier alpha value is -1.30. The second-order valence-electron chi connectivity index (χ2n) is 5.42. The summed E-state index contributed by atoms with van der Waals surface area (Å²) in [5.41, 5.74) is -1.27. The lowest BCUT2D eigenvalue weighted by Gasteiger charge is -2.26. The van der Waals surface area contributed by atoms with Crippen molar-refractivity contribution < 1.29 is 19.4 Å². The predicted octanol–water partition coefficient (Wildman–Crippen LogP) is 1.89. The van der Waals surface area contributed by atoms with Crippen LogP contribution >= 0.6 is 0 Å². The maximum absolute atomic E-state index is 12.0. The molecule has 0 aromatic heterocycles. The highest BCUT2D eigenvalue weighted by atomic mass is 16.5. The molecule has 1 aliphatic heterocycles. The van der Waals surface area contributed by atoms with Gasteiger partial charge in [-0.1, -0.05) is 33.1 Å². The van der Waals surface area contributed by atoms with Crippen molar-refractivity contribution in [1.29, 1.82) is 0 Å². The Kier molecular flexibility index (Phi) is 6.78. The molecule has 116 valence electrons. The number of rotatable bonds is 8. The Morgan fingerprint density at radius 1 is 1.30 bits per heavy atom. The number of hydrogen-bond donors (Lipinski definition) is 3. The molecule has 0 aromatic carbocycles. The summed E-state index contributed by atoms with van der Waals surface area (Å²) in [6, 6.07) is -0.305. The van der Waals surface area contributed by atoms with Crippen LogP contribution in [0.25, 0.3) is 0 Å².